The van der Waals surface area contributed by atoms with Crippen LogP contribution in [0.5, 0.6) is 0 Å². The Hall–Kier alpha value is 0.245. The molecule has 2 aromatic rings. The van der Waals surface area contributed by atoms with Gasteiger partial charge in [-0.3, -0.25) is 0 Å². The molecule has 0 aliphatic rings. The molecular weight excluding hydrogens is 330 g/mol. The minimum atomic E-state index is -1.46. The summed E-state index contributed by atoms with van der Waals surface area (Å²) in [6.45, 7) is 0. The van der Waals surface area contributed by atoms with E-state index in [1.165, 1.54) is 11.3 Å². The third-order valence-electron chi connectivity index (χ3n) is 1.93. The van der Waals surface area contributed by atoms with Crippen LogP contribution in [0.1, 0.15) is 0 Å². The Morgan fingerprint density at radius 3 is 2.71 bits per heavy atom. The first-order valence-corrected chi connectivity index (χ1v) is 6.21. The van der Waals surface area contributed by atoms with E-state index in [4.69, 9.17) is 0 Å². The Labute approximate surface area is 105 Å². The molecule has 0 bridgehead atoms. The lowest BCUT2D eigenvalue weighted by molar-refractivity contribution is 0.425. The second kappa shape index (κ2) is 4.01. The van der Waals surface area contributed by atoms with E-state index in [1.54, 1.807) is 6.07 Å². The SMILES string of the molecule is OB(O)c1c(S)ccc2cc(I)sc12. The van der Waals surface area contributed by atoms with Crippen LogP contribution in [0.3, 0.4) is 0 Å². The summed E-state index contributed by atoms with van der Waals surface area (Å²) in [6.07, 6.45) is 0. The van der Waals surface area contributed by atoms with Gasteiger partial charge < -0.3 is 10.0 Å². The molecule has 0 radical (unpaired) electrons. The second-order valence-corrected chi connectivity index (χ2v) is 6.27. The normalized spacial score (nSPS) is 10.9. The summed E-state index contributed by atoms with van der Waals surface area (Å²) in [5.41, 5.74) is 0.499. The fraction of sp³-hybridized carbons (Fsp3) is 0. The van der Waals surface area contributed by atoms with E-state index in [0.29, 0.717) is 10.4 Å². The highest BCUT2D eigenvalue weighted by Gasteiger charge is 2.19. The van der Waals surface area contributed by atoms with Gasteiger partial charge >= 0.3 is 7.12 Å². The van der Waals surface area contributed by atoms with Crippen LogP contribution >= 0.6 is 46.6 Å². The molecule has 2 rings (SSSR count). The Morgan fingerprint density at radius 1 is 1.36 bits per heavy atom. The fourth-order valence-electron chi connectivity index (χ4n) is 1.33. The third-order valence-corrected chi connectivity index (χ3v) is 4.26. The lowest BCUT2D eigenvalue weighted by Crippen LogP contribution is -2.31. The maximum absolute atomic E-state index is 9.22. The number of fused-ring (bicyclic) bond motifs is 1. The van der Waals surface area contributed by atoms with Crippen molar-refractivity contribution in [1.82, 2.24) is 0 Å². The van der Waals surface area contributed by atoms with Gasteiger partial charge in [0.15, 0.2) is 0 Å². The van der Waals surface area contributed by atoms with Crippen molar-refractivity contribution in [2.45, 2.75) is 4.90 Å². The first-order valence-electron chi connectivity index (χ1n) is 3.86. The van der Waals surface area contributed by atoms with Gasteiger partial charge in [-0.05, 0) is 40.1 Å². The number of hydrogen-bond donors (Lipinski definition) is 3. The predicted octanol–water partition coefficient (Wildman–Crippen LogP) is 1.47. The minimum absolute atomic E-state index is 0.499. The Morgan fingerprint density at radius 2 is 2.07 bits per heavy atom. The Kier molecular flexibility index (Phi) is 3.08. The highest BCUT2D eigenvalue weighted by molar-refractivity contribution is 14.1. The van der Waals surface area contributed by atoms with E-state index >= 15 is 0 Å². The van der Waals surface area contributed by atoms with E-state index < -0.39 is 7.12 Å². The van der Waals surface area contributed by atoms with Crippen LogP contribution < -0.4 is 5.46 Å². The maximum Gasteiger partial charge on any atom is 0.491 e. The highest BCUT2D eigenvalue weighted by Crippen LogP contribution is 2.27. The van der Waals surface area contributed by atoms with Crippen molar-refractivity contribution >= 4 is 69.2 Å². The van der Waals surface area contributed by atoms with Crippen molar-refractivity contribution in [2.24, 2.45) is 0 Å². The van der Waals surface area contributed by atoms with Crippen LogP contribution in [0.25, 0.3) is 10.1 Å². The molecule has 2 nitrogen and oxygen atoms in total. The molecule has 0 saturated carbocycles. The van der Waals surface area contributed by atoms with Gasteiger partial charge in [-0.25, -0.2) is 0 Å². The van der Waals surface area contributed by atoms with Gasteiger partial charge in [-0.15, -0.1) is 24.0 Å². The first-order chi connectivity index (χ1) is 6.59. The van der Waals surface area contributed by atoms with E-state index in [0.717, 1.165) is 13.0 Å². The second-order valence-electron chi connectivity index (χ2n) is 2.84. The van der Waals surface area contributed by atoms with Crippen LogP contribution in [0, 0.1) is 2.88 Å². The molecule has 0 aliphatic heterocycles. The zero-order valence-electron chi connectivity index (χ0n) is 6.94. The lowest BCUT2D eigenvalue weighted by Gasteiger charge is -2.04. The van der Waals surface area contributed by atoms with E-state index in [1.807, 2.05) is 12.1 Å². The number of hydrogen-bond acceptors (Lipinski definition) is 4. The monoisotopic (exact) mass is 336 g/mol. The van der Waals surface area contributed by atoms with Gasteiger partial charge in [0, 0.05) is 15.1 Å². The summed E-state index contributed by atoms with van der Waals surface area (Å²) in [4.78, 5) is 0.616. The van der Waals surface area contributed by atoms with Gasteiger partial charge in [0.1, 0.15) is 0 Å². The Balaban J connectivity index is 2.82. The maximum atomic E-state index is 9.22. The molecule has 1 aromatic heterocycles. The third kappa shape index (κ3) is 1.81. The number of benzene rings is 1. The number of thiophene rings is 1. The van der Waals surface area contributed by atoms with Gasteiger partial charge in [0.2, 0.25) is 0 Å². The van der Waals surface area contributed by atoms with E-state index in [9.17, 15) is 10.0 Å². The van der Waals surface area contributed by atoms with E-state index in [-0.39, 0.29) is 0 Å². The molecule has 0 fully saturated rings. The Bertz CT molecular complexity index is 483. The van der Waals surface area contributed by atoms with Gasteiger partial charge in [0.05, 0.1) is 2.88 Å². The molecule has 0 saturated heterocycles. The van der Waals surface area contributed by atoms with Crippen molar-refractivity contribution < 1.29 is 10.0 Å². The largest absolute Gasteiger partial charge is 0.491 e. The zero-order chi connectivity index (χ0) is 10.3. The molecule has 14 heavy (non-hydrogen) atoms. The molecule has 1 aromatic carbocycles. The van der Waals surface area contributed by atoms with Crippen molar-refractivity contribution in [3.05, 3.63) is 21.1 Å². The van der Waals surface area contributed by atoms with Gasteiger partial charge in [-0.2, -0.15) is 0 Å². The lowest BCUT2D eigenvalue weighted by atomic mass is 9.80. The summed E-state index contributed by atoms with van der Waals surface area (Å²) >= 11 is 7.96. The molecular formula is C8H6BIO2S2. The predicted molar refractivity (Wildman–Crippen MR) is 71.6 cm³/mol. The summed E-state index contributed by atoms with van der Waals surface area (Å²) in [5, 5.41) is 19.5. The average Bonchev–Trinajstić information content (AvgIpc) is 2.43. The quantitative estimate of drug-likeness (QED) is 0.419. The number of halogens is 1. The smallest absolute Gasteiger partial charge is 0.423 e. The van der Waals surface area contributed by atoms with Crippen molar-refractivity contribution in [1.29, 1.82) is 0 Å². The molecule has 1 heterocycles. The van der Waals surface area contributed by atoms with Crippen LogP contribution in [0.2, 0.25) is 0 Å². The van der Waals surface area contributed by atoms with Crippen molar-refractivity contribution in [3.63, 3.8) is 0 Å². The first kappa shape index (κ1) is 10.8. The summed E-state index contributed by atoms with van der Waals surface area (Å²) < 4.78 is 2.02. The fourth-order valence-corrected chi connectivity index (χ4v) is 3.66. The molecule has 0 aliphatic carbocycles. The summed E-state index contributed by atoms with van der Waals surface area (Å²) in [6, 6.07) is 5.73. The average molecular weight is 336 g/mol. The minimum Gasteiger partial charge on any atom is -0.423 e. The molecule has 0 unspecified atom stereocenters. The van der Waals surface area contributed by atoms with Crippen LogP contribution in [-0.4, -0.2) is 17.2 Å². The van der Waals surface area contributed by atoms with Crippen molar-refractivity contribution in [3.8, 4) is 0 Å². The molecule has 0 spiro atoms. The topological polar surface area (TPSA) is 40.5 Å². The highest BCUT2D eigenvalue weighted by atomic mass is 127. The molecule has 6 heteroatoms. The van der Waals surface area contributed by atoms with Gasteiger partial charge in [-0.1, -0.05) is 6.07 Å². The zero-order valence-corrected chi connectivity index (χ0v) is 10.8. The molecule has 0 atom stereocenters. The van der Waals surface area contributed by atoms with Crippen molar-refractivity contribution in [2.75, 3.05) is 0 Å². The van der Waals surface area contributed by atoms with Crippen LogP contribution in [0.15, 0.2) is 23.1 Å². The number of thiol groups is 1. The number of rotatable bonds is 1. The summed E-state index contributed by atoms with van der Waals surface area (Å²) in [5.74, 6) is 0. The summed E-state index contributed by atoms with van der Waals surface area (Å²) in [7, 11) is -1.46. The standard InChI is InChI=1S/C8H6BIO2S2/c10-6-3-4-1-2-5(13)7(9(11)12)8(4)14-6/h1-3,11-13H. The molecule has 2 N–H and O–H groups in total. The van der Waals surface area contributed by atoms with Crippen LogP contribution in [0.4, 0.5) is 0 Å². The van der Waals surface area contributed by atoms with Gasteiger partial charge in [0.25, 0.3) is 0 Å². The molecule has 72 valence electrons. The van der Waals surface area contributed by atoms with E-state index in [2.05, 4.69) is 35.2 Å². The molecule has 0 amide bonds. The van der Waals surface area contributed by atoms with Crippen LogP contribution in [-0.2, 0) is 0 Å².